The molecule has 1 aromatic rings. The van der Waals surface area contributed by atoms with E-state index in [0.717, 1.165) is 30.7 Å². The highest BCUT2D eigenvalue weighted by atomic mass is 16.7. The third kappa shape index (κ3) is 29.8. The summed E-state index contributed by atoms with van der Waals surface area (Å²) in [6, 6.07) is 0.756. The number of esters is 1. The highest BCUT2D eigenvalue weighted by molar-refractivity contribution is 5.87. The molecular formula is C37H73N11O5+2. The molecule has 1 fully saturated rings. The topological polar surface area (TPSA) is 198 Å². The SMILES string of the molecule is CC(C)CC1CCCC(OCCCN=[N+]=NC(C)C)O1.CC(C)N=[N+]=NCN=C(CO)C(C)C.CC(C)NCCC(=O)OCCn1cc(C(C)C)nn1. The van der Waals surface area contributed by atoms with Crippen LogP contribution in [0.15, 0.2) is 31.6 Å². The predicted molar refractivity (Wildman–Crippen MR) is 209 cm³/mol. The van der Waals surface area contributed by atoms with E-state index in [1.807, 2.05) is 61.6 Å². The molecule has 2 atom stereocenters. The lowest BCUT2D eigenvalue weighted by Crippen LogP contribution is -2.30. The number of ether oxygens (including phenoxy) is 3. The molecule has 0 aliphatic carbocycles. The van der Waals surface area contributed by atoms with E-state index in [2.05, 4.69) is 78.6 Å². The smallest absolute Gasteiger partial charge is 0.307 e. The van der Waals surface area contributed by atoms with Crippen molar-refractivity contribution in [3.63, 3.8) is 0 Å². The minimum absolute atomic E-state index is 0.0193. The van der Waals surface area contributed by atoms with Gasteiger partial charge >= 0.3 is 5.97 Å². The Morgan fingerprint density at radius 1 is 1.00 bits per heavy atom. The van der Waals surface area contributed by atoms with Crippen molar-refractivity contribution in [1.82, 2.24) is 30.1 Å². The minimum atomic E-state index is -0.183. The van der Waals surface area contributed by atoms with Gasteiger partial charge in [-0.2, -0.15) is 0 Å². The van der Waals surface area contributed by atoms with Crippen molar-refractivity contribution in [3.05, 3.63) is 11.9 Å². The number of aliphatic hydroxyl groups excluding tert-OH is 1. The molecule has 16 nitrogen and oxygen atoms in total. The van der Waals surface area contributed by atoms with Crippen molar-refractivity contribution < 1.29 is 24.1 Å². The number of nitrogens with zero attached hydrogens (tertiary/aromatic N) is 10. The summed E-state index contributed by atoms with van der Waals surface area (Å²) in [6.07, 6.45) is 8.02. The largest absolute Gasteiger partial charge is 0.464 e. The van der Waals surface area contributed by atoms with E-state index in [1.54, 1.807) is 4.68 Å². The fourth-order valence-corrected chi connectivity index (χ4v) is 4.40. The third-order valence-electron chi connectivity index (χ3n) is 7.22. The zero-order chi connectivity index (χ0) is 40.0. The first kappa shape index (κ1) is 49.7. The first-order valence-corrected chi connectivity index (χ1v) is 19.5. The molecule has 1 aromatic heterocycles. The summed E-state index contributed by atoms with van der Waals surface area (Å²) in [6.45, 7) is 27.6. The number of hydrogen-bond donors (Lipinski definition) is 2. The fourth-order valence-electron chi connectivity index (χ4n) is 4.40. The first-order chi connectivity index (χ1) is 25.1. The summed E-state index contributed by atoms with van der Waals surface area (Å²) in [5, 5.41) is 35.6. The quantitative estimate of drug-likeness (QED) is 0.0469. The molecule has 0 spiro atoms. The second-order valence-corrected chi connectivity index (χ2v) is 14.8. The molecule has 304 valence electrons. The lowest BCUT2D eigenvalue weighted by Gasteiger charge is -2.30. The normalized spacial score (nSPS) is 15.8. The molecule has 0 radical (unpaired) electrons. The Bertz CT molecular complexity index is 1240. The minimum Gasteiger partial charge on any atom is -0.464 e. The van der Waals surface area contributed by atoms with Crippen LogP contribution in [-0.2, 0) is 25.5 Å². The van der Waals surface area contributed by atoms with Crippen LogP contribution < -0.4 is 15.1 Å². The van der Waals surface area contributed by atoms with Gasteiger partial charge < -0.3 is 24.6 Å². The number of carbonyl (C=O) groups excluding carboxylic acids is 1. The van der Waals surface area contributed by atoms with Crippen LogP contribution in [-0.4, -0.2) is 102 Å². The second-order valence-electron chi connectivity index (χ2n) is 14.8. The summed E-state index contributed by atoms with van der Waals surface area (Å²) < 4.78 is 18.6. The molecule has 1 saturated heterocycles. The predicted octanol–water partition coefficient (Wildman–Crippen LogP) is 6.46. The molecule has 2 N–H and O–H groups in total. The van der Waals surface area contributed by atoms with Gasteiger partial charge in [-0.3, -0.25) is 9.79 Å². The van der Waals surface area contributed by atoms with Crippen LogP contribution in [0.4, 0.5) is 0 Å². The lowest BCUT2D eigenvalue weighted by atomic mass is 9.99. The molecule has 0 saturated carbocycles. The van der Waals surface area contributed by atoms with E-state index in [-0.39, 0.29) is 43.5 Å². The van der Waals surface area contributed by atoms with Crippen LogP contribution in [0, 0.1) is 11.8 Å². The van der Waals surface area contributed by atoms with Gasteiger partial charge in [-0.25, -0.2) is 4.68 Å². The van der Waals surface area contributed by atoms with Crippen LogP contribution in [0.3, 0.4) is 0 Å². The second kappa shape index (κ2) is 31.1. The highest BCUT2D eigenvalue weighted by Crippen LogP contribution is 2.24. The fraction of sp³-hybridized carbons (Fsp3) is 0.892. The molecule has 0 bridgehead atoms. The first-order valence-electron chi connectivity index (χ1n) is 19.5. The van der Waals surface area contributed by atoms with Crippen molar-refractivity contribution in [2.45, 2.75) is 165 Å². The zero-order valence-electron chi connectivity index (χ0n) is 34.9. The van der Waals surface area contributed by atoms with E-state index in [0.29, 0.717) is 63.3 Å². The van der Waals surface area contributed by atoms with Crippen LogP contribution in [0.2, 0.25) is 0 Å². The maximum atomic E-state index is 11.4. The standard InChI is InChI=1S/C15H30N3O2.C13H24N4O2.C9H19N4O/c1-12(2)11-14-7-5-8-15(20-14)19-10-6-9-16-18-17-13(3)4;1-10(2)12-9-17(16-15-12)7-8-19-13(18)5-6-14-11(3)4;1-7(2)9(5-14)10-6-11-13-12-8(3)4/h12-15H,5-11H2,1-4H3;9-11,14H,5-8H2,1-4H3;7-8,14H,5-6H2,1-4H3/q+1;;+1. The Balaban J connectivity index is 0.000000779. The monoisotopic (exact) mass is 752 g/mol. The van der Waals surface area contributed by atoms with Crippen molar-refractivity contribution in [2.24, 2.45) is 37.3 Å². The van der Waals surface area contributed by atoms with E-state index < -0.39 is 0 Å². The van der Waals surface area contributed by atoms with E-state index >= 15 is 0 Å². The maximum absolute atomic E-state index is 11.4. The van der Waals surface area contributed by atoms with Crippen LogP contribution in [0.5, 0.6) is 0 Å². The summed E-state index contributed by atoms with van der Waals surface area (Å²) >= 11 is 0. The Hall–Kier alpha value is -3.26. The number of carbonyl (C=O) groups is 1. The van der Waals surface area contributed by atoms with Crippen molar-refractivity contribution >= 4 is 11.7 Å². The number of rotatable bonds is 21. The number of hydrogen-bond acceptors (Lipinski definition) is 13. The molecule has 2 rings (SSSR count). The average Bonchev–Trinajstić information content (AvgIpc) is 3.55. The van der Waals surface area contributed by atoms with Crippen LogP contribution >= 0.6 is 0 Å². The van der Waals surface area contributed by atoms with E-state index in [9.17, 15) is 4.79 Å². The van der Waals surface area contributed by atoms with Gasteiger partial charge in [0.25, 0.3) is 0 Å². The van der Waals surface area contributed by atoms with E-state index in [4.69, 9.17) is 19.3 Å². The van der Waals surface area contributed by atoms with Crippen molar-refractivity contribution in [1.29, 1.82) is 0 Å². The Morgan fingerprint density at radius 3 is 2.25 bits per heavy atom. The average molecular weight is 752 g/mol. The van der Waals surface area contributed by atoms with Gasteiger partial charge in [-0.05, 0) is 77.6 Å². The third-order valence-corrected chi connectivity index (χ3v) is 7.22. The molecular weight excluding hydrogens is 678 g/mol. The summed E-state index contributed by atoms with van der Waals surface area (Å²) in [7, 11) is 0. The molecule has 53 heavy (non-hydrogen) atoms. The van der Waals surface area contributed by atoms with Gasteiger partial charge in [0.05, 0.1) is 38.0 Å². The maximum Gasteiger partial charge on any atom is 0.307 e. The molecule has 2 unspecified atom stereocenters. The summed E-state index contributed by atoms with van der Waals surface area (Å²) in [5.41, 5.74) is 1.70. The zero-order valence-corrected chi connectivity index (χ0v) is 34.9. The Morgan fingerprint density at radius 2 is 1.68 bits per heavy atom. The van der Waals surface area contributed by atoms with Gasteiger partial charge in [-0.15, -0.1) is 5.10 Å². The molecule has 1 aliphatic rings. The van der Waals surface area contributed by atoms with Gasteiger partial charge in [-0.1, -0.05) is 60.6 Å². The lowest BCUT2D eigenvalue weighted by molar-refractivity contribution is -0.196. The summed E-state index contributed by atoms with van der Waals surface area (Å²) in [4.78, 5) is 22.9. The van der Waals surface area contributed by atoms with E-state index in [1.165, 1.54) is 12.8 Å². The van der Waals surface area contributed by atoms with Gasteiger partial charge in [0.2, 0.25) is 16.5 Å². The number of nitrogens with one attached hydrogen (secondary N) is 1. The number of aliphatic imine (C=N–C) groups is 1. The number of aromatic nitrogens is 3. The van der Waals surface area contributed by atoms with Crippen LogP contribution in [0.25, 0.3) is 0 Å². The van der Waals surface area contributed by atoms with Crippen molar-refractivity contribution in [2.75, 3.05) is 39.6 Å². The molecule has 1 aliphatic heterocycles. The Labute approximate surface area is 318 Å². The highest BCUT2D eigenvalue weighted by Gasteiger charge is 2.23. The van der Waals surface area contributed by atoms with Crippen LogP contribution in [0.1, 0.15) is 133 Å². The van der Waals surface area contributed by atoms with Gasteiger partial charge in [0.1, 0.15) is 45.7 Å². The molecule has 0 amide bonds. The van der Waals surface area contributed by atoms with Gasteiger partial charge in [0, 0.05) is 24.5 Å². The molecule has 0 aromatic carbocycles. The number of aliphatic hydroxyl groups is 1. The molecule has 2 heterocycles. The Kier molecular flexibility index (Phi) is 29.2. The molecule has 16 heteroatoms. The van der Waals surface area contributed by atoms with Gasteiger partial charge in [0.15, 0.2) is 6.29 Å². The summed E-state index contributed by atoms with van der Waals surface area (Å²) in [5.74, 6) is 1.11. The van der Waals surface area contributed by atoms with Crippen molar-refractivity contribution in [3.8, 4) is 0 Å².